The van der Waals surface area contributed by atoms with Gasteiger partial charge in [-0.2, -0.15) is 26.3 Å². The van der Waals surface area contributed by atoms with Crippen LogP contribution in [0.4, 0.5) is 26.3 Å². The van der Waals surface area contributed by atoms with Crippen LogP contribution in [0.15, 0.2) is 121 Å². The molecule has 8 nitrogen and oxygen atoms in total. The lowest BCUT2D eigenvalue weighted by Crippen LogP contribution is -2.11. The summed E-state index contributed by atoms with van der Waals surface area (Å²) in [5.74, 6) is -3.82. The Morgan fingerprint density at radius 2 is 0.707 bits per heavy atom. The Morgan fingerprint density at radius 1 is 0.414 bits per heavy atom. The van der Waals surface area contributed by atoms with Crippen molar-refractivity contribution in [3.63, 3.8) is 0 Å². The first-order valence-electron chi connectivity index (χ1n) is 17.0. The van der Waals surface area contributed by atoms with Gasteiger partial charge >= 0.3 is 24.3 Å². The highest BCUT2D eigenvalue weighted by Crippen LogP contribution is 2.42. The number of hydrogen-bond donors (Lipinski definition) is 2. The van der Waals surface area contributed by atoms with E-state index in [9.17, 15) is 55.7 Å². The number of ether oxygens (including phenoxy) is 2. The van der Waals surface area contributed by atoms with Gasteiger partial charge in [-0.3, -0.25) is 9.59 Å². The van der Waals surface area contributed by atoms with Crippen molar-refractivity contribution in [1.82, 2.24) is 0 Å². The van der Waals surface area contributed by atoms with E-state index in [0.29, 0.717) is 12.1 Å². The Bertz CT molecular complexity index is 2410. The average Bonchev–Trinajstić information content (AvgIpc) is 3.21. The van der Waals surface area contributed by atoms with Gasteiger partial charge in [0.25, 0.3) is 0 Å². The fourth-order valence-electron chi connectivity index (χ4n) is 6.38. The number of aromatic carboxylic acids is 2. The zero-order chi connectivity index (χ0) is 42.1. The molecule has 0 heterocycles. The molecule has 0 aliphatic rings. The molecule has 0 saturated heterocycles. The first kappa shape index (κ1) is 40.4. The molecule has 6 rings (SSSR count). The topological polar surface area (TPSA) is 127 Å². The zero-order valence-corrected chi connectivity index (χ0v) is 30.2. The molecule has 0 spiro atoms. The quantitative estimate of drug-likeness (QED) is 0.0980. The van der Waals surface area contributed by atoms with Crippen LogP contribution in [0.25, 0.3) is 33.4 Å². The third kappa shape index (κ3) is 8.17. The third-order valence-corrected chi connectivity index (χ3v) is 9.27. The maximum absolute atomic E-state index is 14.4. The van der Waals surface area contributed by atoms with E-state index in [1.165, 1.54) is 87.0 Å². The van der Waals surface area contributed by atoms with Crippen LogP contribution in [0, 0.1) is 0 Å². The molecule has 0 radical (unpaired) electrons. The molecule has 58 heavy (non-hydrogen) atoms. The average molecular weight is 799 g/mol. The molecule has 0 atom stereocenters. The van der Waals surface area contributed by atoms with Gasteiger partial charge in [0, 0.05) is 33.4 Å². The van der Waals surface area contributed by atoms with E-state index in [2.05, 4.69) is 0 Å². The summed E-state index contributed by atoms with van der Waals surface area (Å²) >= 11 is 0. The number of carboxylic acid groups (broad SMARTS) is 2. The Labute approximate surface area is 325 Å². The van der Waals surface area contributed by atoms with Gasteiger partial charge in [0.1, 0.15) is 11.5 Å². The number of alkyl halides is 6. The van der Waals surface area contributed by atoms with Gasteiger partial charge in [-0.05, 0) is 95.1 Å². The van der Waals surface area contributed by atoms with Gasteiger partial charge in [-0.25, -0.2) is 9.59 Å². The lowest BCUT2D eigenvalue weighted by atomic mass is 9.91. The summed E-state index contributed by atoms with van der Waals surface area (Å²) in [7, 11) is 2.63. The maximum Gasteiger partial charge on any atom is 0.417 e. The summed E-state index contributed by atoms with van der Waals surface area (Å²) in [5.41, 5.74) is -3.43. The van der Waals surface area contributed by atoms with Crippen LogP contribution in [0.3, 0.4) is 0 Å². The summed E-state index contributed by atoms with van der Waals surface area (Å²) < 4.78 is 97.2. The van der Waals surface area contributed by atoms with Crippen LogP contribution >= 0.6 is 0 Å². The molecular weight excluding hydrogens is 770 g/mol. The Kier molecular flexibility index (Phi) is 11.0. The van der Waals surface area contributed by atoms with Gasteiger partial charge < -0.3 is 19.7 Å². The second-order valence-electron chi connectivity index (χ2n) is 12.8. The normalized spacial score (nSPS) is 11.5. The van der Waals surface area contributed by atoms with E-state index in [0.717, 1.165) is 36.4 Å². The highest BCUT2D eigenvalue weighted by Gasteiger charge is 2.36. The van der Waals surface area contributed by atoms with Crippen LogP contribution in [0.2, 0.25) is 0 Å². The largest absolute Gasteiger partial charge is 0.496 e. The molecule has 0 aliphatic heterocycles. The lowest BCUT2D eigenvalue weighted by Gasteiger charge is -2.17. The minimum Gasteiger partial charge on any atom is -0.496 e. The number of carboxylic acids is 2. The summed E-state index contributed by atoms with van der Waals surface area (Å²) in [6.07, 6.45) is -9.81. The van der Waals surface area contributed by atoms with Crippen LogP contribution < -0.4 is 9.47 Å². The molecule has 0 unspecified atom stereocenters. The van der Waals surface area contributed by atoms with Crippen molar-refractivity contribution in [2.24, 2.45) is 0 Å². The number of carbonyl (C=O) groups is 4. The molecule has 0 amide bonds. The fraction of sp³-hybridized carbons (Fsp3) is 0.0909. The molecule has 6 aromatic rings. The Balaban J connectivity index is 1.38. The molecular formula is C44H28F6O8. The Hall–Kier alpha value is -7.22. The van der Waals surface area contributed by atoms with E-state index in [4.69, 9.17) is 9.47 Å². The van der Waals surface area contributed by atoms with E-state index >= 15 is 0 Å². The smallest absolute Gasteiger partial charge is 0.417 e. The molecule has 2 N–H and O–H groups in total. The number of carbonyl (C=O) groups excluding carboxylic acids is 2. The van der Waals surface area contributed by atoms with Crippen molar-refractivity contribution in [3.05, 3.63) is 166 Å². The van der Waals surface area contributed by atoms with Gasteiger partial charge in [0.15, 0.2) is 11.6 Å². The van der Waals surface area contributed by atoms with Crippen molar-refractivity contribution < 1.29 is 65.2 Å². The molecule has 294 valence electrons. The molecule has 0 fully saturated rings. The second-order valence-corrected chi connectivity index (χ2v) is 12.8. The summed E-state index contributed by atoms with van der Waals surface area (Å²) in [5, 5.41) is 18.3. The zero-order valence-electron chi connectivity index (χ0n) is 30.2. The second kappa shape index (κ2) is 15.7. The highest BCUT2D eigenvalue weighted by molar-refractivity contribution is 6.12. The summed E-state index contributed by atoms with van der Waals surface area (Å²) in [4.78, 5) is 50.1. The van der Waals surface area contributed by atoms with Crippen molar-refractivity contribution >= 4 is 23.5 Å². The highest BCUT2D eigenvalue weighted by atomic mass is 19.4. The minimum absolute atomic E-state index is 0.0717. The number of ketones is 2. The molecule has 0 bridgehead atoms. The molecule has 0 aliphatic carbocycles. The van der Waals surface area contributed by atoms with Crippen LogP contribution in [0.1, 0.15) is 63.7 Å². The molecule has 0 aromatic heterocycles. The van der Waals surface area contributed by atoms with Crippen molar-refractivity contribution in [3.8, 4) is 44.9 Å². The summed E-state index contributed by atoms with van der Waals surface area (Å²) in [6.45, 7) is 0. The standard InChI is InChI=1S/C44H28F6O8/c1-57-37-17-13-27(39(51)29-11-15-31(35(21-29)43(45,46)47)23-3-7-25(8-4-23)41(53)54)19-33(37)34-20-28(14-18-38(34)58-2)40(52)30-12-16-32(36(22-30)44(48,49)50)24-5-9-26(10-6-24)42(55)56/h3-22H,1-2H3,(H,53,54)(H,55,56). The first-order valence-corrected chi connectivity index (χ1v) is 17.0. The van der Waals surface area contributed by atoms with Crippen molar-refractivity contribution in [2.45, 2.75) is 12.4 Å². The fourth-order valence-corrected chi connectivity index (χ4v) is 6.38. The lowest BCUT2D eigenvalue weighted by molar-refractivity contribution is -0.137. The number of halogens is 6. The minimum atomic E-state index is -4.91. The van der Waals surface area contributed by atoms with Crippen molar-refractivity contribution in [1.29, 1.82) is 0 Å². The molecule has 6 aromatic carbocycles. The number of rotatable bonds is 11. The Morgan fingerprint density at radius 3 is 1.00 bits per heavy atom. The van der Waals surface area contributed by atoms with Crippen molar-refractivity contribution in [2.75, 3.05) is 14.2 Å². The number of benzene rings is 6. The van der Waals surface area contributed by atoms with Gasteiger partial charge in [-0.15, -0.1) is 0 Å². The van der Waals surface area contributed by atoms with E-state index in [1.807, 2.05) is 0 Å². The number of methoxy groups -OCH3 is 2. The number of hydrogen-bond acceptors (Lipinski definition) is 6. The summed E-state index contributed by atoms with van der Waals surface area (Å²) in [6, 6.07) is 23.6. The predicted molar refractivity (Wildman–Crippen MR) is 200 cm³/mol. The first-order chi connectivity index (χ1) is 27.4. The van der Waals surface area contributed by atoms with E-state index in [-0.39, 0.29) is 78.3 Å². The van der Waals surface area contributed by atoms with E-state index in [1.54, 1.807) is 0 Å². The van der Waals surface area contributed by atoms with Crippen LogP contribution in [-0.2, 0) is 12.4 Å². The molecule has 14 heteroatoms. The predicted octanol–water partition coefficient (Wildman–Crippen LogP) is 10.6. The third-order valence-electron chi connectivity index (χ3n) is 9.27. The van der Waals surface area contributed by atoms with Gasteiger partial charge in [0.2, 0.25) is 0 Å². The molecule has 0 saturated carbocycles. The van der Waals surface area contributed by atoms with Gasteiger partial charge in [0.05, 0.1) is 36.5 Å². The van der Waals surface area contributed by atoms with Gasteiger partial charge in [-0.1, -0.05) is 48.5 Å². The van der Waals surface area contributed by atoms with Crippen LogP contribution in [-0.4, -0.2) is 47.9 Å². The monoisotopic (exact) mass is 798 g/mol. The SMILES string of the molecule is COc1ccc(C(=O)c2ccc(-c3ccc(C(=O)O)cc3)c(C(F)(F)F)c2)cc1-c1cc(C(=O)c2ccc(-c3ccc(C(=O)O)cc3)c(C(F)(F)F)c2)ccc1OC. The maximum atomic E-state index is 14.4. The van der Waals surface area contributed by atoms with E-state index < -0.39 is 47.0 Å². The van der Waals surface area contributed by atoms with Crippen LogP contribution in [0.5, 0.6) is 11.5 Å².